The van der Waals surface area contributed by atoms with Crippen LogP contribution in [0.5, 0.6) is 11.5 Å². The first-order valence-electron chi connectivity index (χ1n) is 8.30. The third-order valence-electron chi connectivity index (χ3n) is 5.10. The van der Waals surface area contributed by atoms with Crippen LogP contribution in [0.4, 0.5) is 0 Å². The summed E-state index contributed by atoms with van der Waals surface area (Å²) >= 11 is 0. The van der Waals surface area contributed by atoms with Gasteiger partial charge in [0.1, 0.15) is 0 Å². The van der Waals surface area contributed by atoms with Gasteiger partial charge in [-0.25, -0.2) is 0 Å². The molecule has 1 fully saturated rings. The molecule has 3 heteroatoms. The van der Waals surface area contributed by atoms with Crippen molar-refractivity contribution in [2.45, 2.75) is 51.0 Å². The average Bonchev–Trinajstić information content (AvgIpc) is 2.55. The maximum atomic E-state index is 5.49. The Balaban J connectivity index is 1.82. The maximum absolute atomic E-state index is 5.49. The van der Waals surface area contributed by atoms with E-state index in [0.29, 0.717) is 6.04 Å². The van der Waals surface area contributed by atoms with Crippen molar-refractivity contribution >= 4 is 0 Å². The van der Waals surface area contributed by atoms with Crippen molar-refractivity contribution in [1.82, 2.24) is 5.32 Å². The van der Waals surface area contributed by atoms with Crippen molar-refractivity contribution in [3.05, 3.63) is 23.3 Å². The zero-order valence-electron chi connectivity index (χ0n) is 13.3. The van der Waals surface area contributed by atoms with Crippen molar-refractivity contribution in [3.8, 4) is 11.5 Å². The van der Waals surface area contributed by atoms with Crippen LogP contribution in [0.2, 0.25) is 0 Å². The van der Waals surface area contributed by atoms with Crippen LogP contribution < -0.4 is 14.8 Å². The Bertz CT molecular complexity index is 480. The number of fused-ring (bicyclic) bond motifs is 1. The van der Waals surface area contributed by atoms with Gasteiger partial charge in [0.2, 0.25) is 0 Å². The van der Waals surface area contributed by atoms with E-state index >= 15 is 0 Å². The van der Waals surface area contributed by atoms with Gasteiger partial charge >= 0.3 is 0 Å². The molecular weight excluding hydrogens is 262 g/mol. The van der Waals surface area contributed by atoms with Gasteiger partial charge in [-0.05, 0) is 48.6 Å². The minimum Gasteiger partial charge on any atom is -0.493 e. The number of ether oxygens (including phenoxy) is 2. The molecular formula is C18H27NO2. The molecule has 1 atom stereocenters. The second kappa shape index (κ2) is 6.69. The molecule has 1 aromatic carbocycles. The second-order valence-corrected chi connectivity index (χ2v) is 6.40. The van der Waals surface area contributed by atoms with Gasteiger partial charge in [0, 0.05) is 6.04 Å². The van der Waals surface area contributed by atoms with Crippen molar-refractivity contribution < 1.29 is 9.47 Å². The van der Waals surface area contributed by atoms with Crippen molar-refractivity contribution in [2.24, 2.45) is 5.92 Å². The zero-order valence-corrected chi connectivity index (χ0v) is 13.3. The van der Waals surface area contributed by atoms with Gasteiger partial charge < -0.3 is 14.8 Å². The number of nitrogens with one attached hydrogen (secondary N) is 1. The molecule has 3 rings (SSSR count). The van der Waals surface area contributed by atoms with E-state index in [0.717, 1.165) is 30.4 Å². The summed E-state index contributed by atoms with van der Waals surface area (Å²) in [6.45, 7) is 1.07. The predicted octanol–water partition coefficient (Wildman–Crippen LogP) is 3.86. The first-order chi connectivity index (χ1) is 10.3. The monoisotopic (exact) mass is 289 g/mol. The van der Waals surface area contributed by atoms with E-state index in [-0.39, 0.29) is 0 Å². The van der Waals surface area contributed by atoms with Gasteiger partial charge in [-0.15, -0.1) is 0 Å². The lowest BCUT2D eigenvalue weighted by Crippen LogP contribution is -2.31. The van der Waals surface area contributed by atoms with Gasteiger partial charge in [-0.3, -0.25) is 0 Å². The summed E-state index contributed by atoms with van der Waals surface area (Å²) in [5, 5.41) is 3.72. The van der Waals surface area contributed by atoms with Gasteiger partial charge in [0.15, 0.2) is 11.5 Å². The molecule has 1 aliphatic heterocycles. The molecule has 0 saturated heterocycles. The van der Waals surface area contributed by atoms with Crippen LogP contribution in [0.15, 0.2) is 12.1 Å². The highest BCUT2D eigenvalue weighted by molar-refractivity contribution is 5.49. The van der Waals surface area contributed by atoms with E-state index in [9.17, 15) is 0 Å². The number of benzene rings is 1. The van der Waals surface area contributed by atoms with E-state index in [1.807, 2.05) is 0 Å². The quantitative estimate of drug-likeness (QED) is 0.913. The first-order valence-corrected chi connectivity index (χ1v) is 8.30. The van der Waals surface area contributed by atoms with E-state index < -0.39 is 0 Å². The number of hydrogen-bond acceptors (Lipinski definition) is 3. The Morgan fingerprint density at radius 2 is 1.76 bits per heavy atom. The van der Waals surface area contributed by atoms with Crippen LogP contribution in [0.1, 0.15) is 55.7 Å². The number of rotatable bonds is 4. The van der Waals surface area contributed by atoms with Crippen LogP contribution >= 0.6 is 0 Å². The smallest absolute Gasteiger partial charge is 0.161 e. The molecule has 1 saturated carbocycles. The lowest BCUT2D eigenvalue weighted by molar-refractivity contribution is 0.294. The molecule has 0 bridgehead atoms. The Morgan fingerprint density at radius 1 is 1.05 bits per heavy atom. The summed E-state index contributed by atoms with van der Waals surface area (Å²) in [6, 6.07) is 4.84. The van der Waals surface area contributed by atoms with E-state index in [1.54, 1.807) is 14.2 Å². The molecule has 1 N–H and O–H groups in total. The third kappa shape index (κ3) is 3.18. The minimum atomic E-state index is 0.483. The number of methoxy groups -OCH3 is 2. The molecule has 1 aromatic rings. The van der Waals surface area contributed by atoms with E-state index in [4.69, 9.17) is 9.47 Å². The topological polar surface area (TPSA) is 30.5 Å². The summed E-state index contributed by atoms with van der Waals surface area (Å²) < 4.78 is 10.9. The molecule has 0 spiro atoms. The third-order valence-corrected chi connectivity index (χ3v) is 5.10. The van der Waals surface area contributed by atoms with Gasteiger partial charge in [0.05, 0.1) is 14.2 Å². The Kier molecular flexibility index (Phi) is 4.69. The summed E-state index contributed by atoms with van der Waals surface area (Å²) in [7, 11) is 3.43. The maximum Gasteiger partial charge on any atom is 0.161 e. The van der Waals surface area contributed by atoms with Gasteiger partial charge in [0.25, 0.3) is 0 Å². The molecule has 3 nitrogen and oxygen atoms in total. The van der Waals surface area contributed by atoms with Crippen LogP contribution in [0.25, 0.3) is 0 Å². The Hall–Kier alpha value is -1.22. The Morgan fingerprint density at radius 3 is 2.48 bits per heavy atom. The van der Waals surface area contributed by atoms with Crippen molar-refractivity contribution in [2.75, 3.05) is 20.8 Å². The average molecular weight is 289 g/mol. The standard InChI is InChI=1S/C18H27NO2/c1-20-17-11-14-8-9-19-16(15(14)12-18(17)21-2)10-13-6-4-3-5-7-13/h11-13,16,19H,3-10H2,1-2H3. The van der Waals surface area contributed by atoms with Crippen LogP contribution in [-0.2, 0) is 6.42 Å². The lowest BCUT2D eigenvalue weighted by atomic mass is 9.81. The summed E-state index contributed by atoms with van der Waals surface area (Å²) in [5.41, 5.74) is 2.84. The highest BCUT2D eigenvalue weighted by Gasteiger charge is 2.26. The zero-order chi connectivity index (χ0) is 14.7. The number of hydrogen-bond donors (Lipinski definition) is 1. The normalized spacial score (nSPS) is 22.7. The molecule has 21 heavy (non-hydrogen) atoms. The summed E-state index contributed by atoms with van der Waals surface area (Å²) in [4.78, 5) is 0. The highest BCUT2D eigenvalue weighted by Crippen LogP contribution is 2.39. The van der Waals surface area contributed by atoms with E-state index in [2.05, 4.69) is 17.4 Å². The fraction of sp³-hybridized carbons (Fsp3) is 0.667. The Labute approximate surface area is 128 Å². The molecule has 116 valence electrons. The van der Waals surface area contributed by atoms with Crippen molar-refractivity contribution in [3.63, 3.8) is 0 Å². The molecule has 1 heterocycles. The molecule has 0 amide bonds. The lowest BCUT2D eigenvalue weighted by Gasteiger charge is -2.32. The van der Waals surface area contributed by atoms with Crippen LogP contribution in [0, 0.1) is 5.92 Å². The van der Waals surface area contributed by atoms with Crippen LogP contribution in [0.3, 0.4) is 0 Å². The minimum absolute atomic E-state index is 0.483. The highest BCUT2D eigenvalue weighted by atomic mass is 16.5. The van der Waals surface area contributed by atoms with E-state index in [1.165, 1.54) is 49.7 Å². The van der Waals surface area contributed by atoms with Crippen molar-refractivity contribution in [1.29, 1.82) is 0 Å². The molecule has 0 radical (unpaired) electrons. The fourth-order valence-electron chi connectivity index (χ4n) is 3.94. The summed E-state index contributed by atoms with van der Waals surface area (Å²) in [5.74, 6) is 2.60. The van der Waals surface area contributed by atoms with Crippen LogP contribution in [-0.4, -0.2) is 20.8 Å². The van der Waals surface area contributed by atoms with Gasteiger partial charge in [-0.2, -0.15) is 0 Å². The molecule has 2 aliphatic rings. The predicted molar refractivity (Wildman–Crippen MR) is 85.2 cm³/mol. The molecule has 0 aromatic heterocycles. The first kappa shape index (κ1) is 14.7. The molecule has 1 aliphatic carbocycles. The SMILES string of the molecule is COc1cc2c(cc1OC)C(CC1CCCCC1)NCC2. The molecule has 1 unspecified atom stereocenters. The van der Waals surface area contributed by atoms with Gasteiger partial charge in [-0.1, -0.05) is 32.1 Å². The summed E-state index contributed by atoms with van der Waals surface area (Å²) in [6.07, 6.45) is 9.41. The largest absolute Gasteiger partial charge is 0.493 e. The fourth-order valence-corrected chi connectivity index (χ4v) is 3.94. The second-order valence-electron chi connectivity index (χ2n) is 6.40.